The molecule has 2 N–H and O–H groups in total. The number of nitrogens with zero attached hydrogens (tertiary/aromatic N) is 2. The first-order chi connectivity index (χ1) is 10.2. The highest BCUT2D eigenvalue weighted by Gasteiger charge is 2.17. The molecule has 1 aromatic rings. The number of benzene rings is 1. The van der Waals surface area contributed by atoms with E-state index in [9.17, 15) is 4.79 Å². The van der Waals surface area contributed by atoms with Crippen molar-refractivity contribution in [3.8, 4) is 0 Å². The fourth-order valence-corrected chi connectivity index (χ4v) is 2.56. The van der Waals surface area contributed by atoms with Gasteiger partial charge in [0.25, 0.3) is 0 Å². The largest absolute Gasteiger partial charge is 0.333 e. The number of amides is 2. The third-order valence-electron chi connectivity index (χ3n) is 3.64. The molecule has 5 nitrogen and oxygen atoms in total. The Bertz CT molecular complexity index is 435. The van der Waals surface area contributed by atoms with Crippen molar-refractivity contribution in [2.75, 3.05) is 39.0 Å². The van der Waals surface area contributed by atoms with Crippen molar-refractivity contribution in [2.24, 2.45) is 0 Å². The average Bonchev–Trinajstić information content (AvgIpc) is 2.50. The fourth-order valence-electron chi connectivity index (χ4n) is 2.34. The number of carbonyl (C=O) groups excluding carboxylic acids is 1. The Kier molecular flexibility index (Phi) is 6.35. The third-order valence-corrected chi connectivity index (χ3v) is 4.08. The van der Waals surface area contributed by atoms with Crippen molar-refractivity contribution in [1.29, 1.82) is 0 Å². The highest BCUT2D eigenvalue weighted by atomic mass is 32.1. The zero-order valence-corrected chi connectivity index (χ0v) is 13.4. The summed E-state index contributed by atoms with van der Waals surface area (Å²) < 4.78 is 0. The molecule has 2 amide bonds. The highest BCUT2D eigenvalue weighted by Crippen LogP contribution is 2.04. The number of urea groups is 1. The second-order valence-corrected chi connectivity index (χ2v) is 5.81. The molecule has 1 aliphatic rings. The summed E-state index contributed by atoms with van der Waals surface area (Å²) in [5.74, 6) is 0.616. The van der Waals surface area contributed by atoms with Crippen LogP contribution in [0.1, 0.15) is 5.56 Å². The summed E-state index contributed by atoms with van der Waals surface area (Å²) in [5.41, 5.74) is 4.12. The minimum Gasteiger partial charge on any atom is -0.333 e. The average molecular weight is 308 g/mol. The summed E-state index contributed by atoms with van der Waals surface area (Å²) in [6.07, 6.45) is 0.792. The zero-order valence-electron chi connectivity index (χ0n) is 12.5. The maximum Gasteiger partial charge on any atom is 0.329 e. The van der Waals surface area contributed by atoms with Crippen molar-refractivity contribution < 1.29 is 4.79 Å². The second kappa shape index (κ2) is 8.26. The summed E-state index contributed by atoms with van der Waals surface area (Å²) in [5, 5.41) is 4.96. The number of thiol groups is 1. The molecule has 1 atom stereocenters. The van der Waals surface area contributed by atoms with Gasteiger partial charge in [0.15, 0.2) is 0 Å². The number of piperazine rings is 1. The predicted molar refractivity (Wildman–Crippen MR) is 88.5 cm³/mol. The molecule has 1 unspecified atom stereocenters. The quantitative estimate of drug-likeness (QED) is 0.711. The molecule has 0 spiro atoms. The molecule has 0 bridgehead atoms. The van der Waals surface area contributed by atoms with Crippen LogP contribution in [-0.2, 0) is 6.42 Å². The van der Waals surface area contributed by atoms with Crippen LogP contribution in [0.15, 0.2) is 30.3 Å². The SMILES string of the molecule is CN1CCN(NC(=O)NC(CS)Cc2ccccc2)CC1. The number of likely N-dealkylation sites (N-methyl/N-ethyl adjacent to an activating group) is 1. The number of carbonyl (C=O) groups is 1. The topological polar surface area (TPSA) is 47.6 Å². The van der Waals surface area contributed by atoms with Gasteiger partial charge in [-0.2, -0.15) is 12.6 Å². The molecule has 0 aliphatic carbocycles. The van der Waals surface area contributed by atoms with Crippen molar-refractivity contribution in [3.05, 3.63) is 35.9 Å². The van der Waals surface area contributed by atoms with Crippen LogP contribution >= 0.6 is 12.6 Å². The van der Waals surface area contributed by atoms with Gasteiger partial charge in [0.05, 0.1) is 0 Å². The lowest BCUT2D eigenvalue weighted by Gasteiger charge is -2.32. The summed E-state index contributed by atoms with van der Waals surface area (Å²) >= 11 is 4.34. The van der Waals surface area contributed by atoms with Gasteiger partial charge in [-0.3, -0.25) is 5.43 Å². The fraction of sp³-hybridized carbons (Fsp3) is 0.533. The van der Waals surface area contributed by atoms with E-state index in [-0.39, 0.29) is 12.1 Å². The van der Waals surface area contributed by atoms with E-state index in [1.165, 1.54) is 5.56 Å². The van der Waals surface area contributed by atoms with Gasteiger partial charge >= 0.3 is 6.03 Å². The monoisotopic (exact) mass is 308 g/mol. The third kappa shape index (κ3) is 5.57. The number of hydrogen-bond acceptors (Lipinski definition) is 4. The molecule has 2 rings (SSSR count). The van der Waals surface area contributed by atoms with E-state index in [1.807, 2.05) is 23.2 Å². The first-order valence-corrected chi connectivity index (χ1v) is 7.96. The molecule has 0 aromatic heterocycles. The zero-order chi connectivity index (χ0) is 15.1. The Balaban J connectivity index is 1.77. The van der Waals surface area contributed by atoms with E-state index < -0.39 is 0 Å². The standard InChI is InChI=1S/C15H24N4OS/c1-18-7-9-19(10-8-18)17-15(20)16-14(12-21)11-13-5-3-2-4-6-13/h2-6,14,21H,7-12H2,1H3,(H2,16,17,20). The van der Waals surface area contributed by atoms with E-state index in [4.69, 9.17) is 0 Å². The van der Waals surface area contributed by atoms with Crippen LogP contribution < -0.4 is 10.7 Å². The Hall–Kier alpha value is -1.24. The molecule has 6 heteroatoms. The Morgan fingerprint density at radius 3 is 2.52 bits per heavy atom. The minimum atomic E-state index is -0.144. The van der Waals surface area contributed by atoms with Crippen molar-refractivity contribution in [1.82, 2.24) is 20.7 Å². The van der Waals surface area contributed by atoms with E-state index in [1.54, 1.807) is 0 Å². The van der Waals surface area contributed by atoms with Gasteiger partial charge in [0.2, 0.25) is 0 Å². The van der Waals surface area contributed by atoms with E-state index in [2.05, 4.69) is 47.5 Å². The van der Waals surface area contributed by atoms with Gasteiger partial charge in [-0.15, -0.1) is 0 Å². The van der Waals surface area contributed by atoms with Crippen LogP contribution in [0.3, 0.4) is 0 Å². The lowest BCUT2D eigenvalue weighted by atomic mass is 10.1. The van der Waals surface area contributed by atoms with E-state index >= 15 is 0 Å². The summed E-state index contributed by atoms with van der Waals surface area (Å²) in [7, 11) is 2.09. The van der Waals surface area contributed by atoms with Gasteiger partial charge in [-0.25, -0.2) is 9.80 Å². The Labute approximate surface area is 132 Å². The summed E-state index contributed by atoms with van der Waals surface area (Å²) in [4.78, 5) is 14.3. The number of hydrogen-bond donors (Lipinski definition) is 3. The molecule has 1 fully saturated rings. The smallest absolute Gasteiger partial charge is 0.329 e. The van der Waals surface area contributed by atoms with Gasteiger partial charge in [-0.05, 0) is 19.0 Å². The van der Waals surface area contributed by atoms with Crippen molar-refractivity contribution >= 4 is 18.7 Å². The lowest BCUT2D eigenvalue weighted by molar-refractivity contribution is 0.112. The predicted octanol–water partition coefficient (Wildman–Crippen LogP) is 0.989. The highest BCUT2D eigenvalue weighted by molar-refractivity contribution is 7.80. The Morgan fingerprint density at radius 1 is 1.24 bits per heavy atom. The maximum absolute atomic E-state index is 12.0. The summed E-state index contributed by atoms with van der Waals surface area (Å²) in [6.45, 7) is 3.66. The Morgan fingerprint density at radius 2 is 1.90 bits per heavy atom. The normalized spacial score (nSPS) is 18.2. The molecule has 116 valence electrons. The first kappa shape index (κ1) is 16.1. The van der Waals surface area contributed by atoms with Gasteiger partial charge in [0.1, 0.15) is 0 Å². The molecule has 0 radical (unpaired) electrons. The van der Waals surface area contributed by atoms with Gasteiger partial charge in [0, 0.05) is 38.0 Å². The van der Waals surface area contributed by atoms with Gasteiger partial charge in [-0.1, -0.05) is 30.3 Å². The second-order valence-electron chi connectivity index (χ2n) is 5.44. The molecular weight excluding hydrogens is 284 g/mol. The van der Waals surface area contributed by atoms with E-state index in [0.29, 0.717) is 5.75 Å². The number of rotatable bonds is 5. The van der Waals surface area contributed by atoms with Crippen molar-refractivity contribution in [2.45, 2.75) is 12.5 Å². The van der Waals surface area contributed by atoms with Crippen LogP contribution in [-0.4, -0.2) is 61.0 Å². The van der Waals surface area contributed by atoms with E-state index in [0.717, 1.165) is 32.6 Å². The molecule has 21 heavy (non-hydrogen) atoms. The minimum absolute atomic E-state index is 0.0307. The number of hydrazine groups is 1. The van der Waals surface area contributed by atoms with Crippen LogP contribution in [0, 0.1) is 0 Å². The van der Waals surface area contributed by atoms with Crippen LogP contribution in [0.5, 0.6) is 0 Å². The van der Waals surface area contributed by atoms with Crippen molar-refractivity contribution in [3.63, 3.8) is 0 Å². The lowest BCUT2D eigenvalue weighted by Crippen LogP contribution is -2.56. The molecular formula is C15H24N4OS. The molecule has 1 heterocycles. The summed E-state index contributed by atoms with van der Waals surface area (Å²) in [6, 6.07) is 10.0. The molecule has 1 aliphatic heterocycles. The van der Waals surface area contributed by atoms with Crippen LogP contribution in [0.2, 0.25) is 0 Å². The molecule has 1 saturated heterocycles. The van der Waals surface area contributed by atoms with Crippen LogP contribution in [0.4, 0.5) is 4.79 Å². The number of nitrogens with one attached hydrogen (secondary N) is 2. The first-order valence-electron chi connectivity index (χ1n) is 7.33. The molecule has 0 saturated carbocycles. The maximum atomic E-state index is 12.0. The van der Waals surface area contributed by atoms with Gasteiger partial charge < -0.3 is 10.2 Å². The van der Waals surface area contributed by atoms with Crippen LogP contribution in [0.25, 0.3) is 0 Å². The molecule has 1 aromatic carbocycles.